The molecule has 2 heterocycles. The van der Waals surface area contributed by atoms with Crippen LogP contribution in [0.2, 0.25) is 0 Å². The molecule has 0 atom stereocenters. The van der Waals surface area contributed by atoms with Gasteiger partial charge in [-0.1, -0.05) is 18.7 Å². The van der Waals surface area contributed by atoms with Gasteiger partial charge in [0.05, 0.1) is 26.1 Å². The van der Waals surface area contributed by atoms with Crippen molar-refractivity contribution in [2.75, 3.05) is 63.0 Å². The zero-order chi connectivity index (χ0) is 27.3. The molecule has 11 heteroatoms. The van der Waals surface area contributed by atoms with Gasteiger partial charge >= 0.3 is 5.92 Å². The number of benzene rings is 2. The number of carbonyl (C=O) groups excluding carboxylic acids is 1. The number of methoxy groups -OCH3 is 2. The van der Waals surface area contributed by atoms with Gasteiger partial charge < -0.3 is 29.9 Å². The largest absolute Gasteiger partial charge is 0.494 e. The number of nitrogens with one attached hydrogen (secondary N) is 2. The number of likely N-dealkylation sites (N-methyl/N-ethyl adjacent to an activating group) is 1. The third kappa shape index (κ3) is 5.83. The van der Waals surface area contributed by atoms with Crippen molar-refractivity contribution < 1.29 is 23.0 Å². The zero-order valence-electron chi connectivity index (χ0n) is 21.5. The van der Waals surface area contributed by atoms with Crippen LogP contribution >= 0.6 is 0 Å². The predicted molar refractivity (Wildman–Crippen MR) is 143 cm³/mol. The van der Waals surface area contributed by atoms with Crippen LogP contribution in [0.4, 0.5) is 31.8 Å². The van der Waals surface area contributed by atoms with Gasteiger partial charge in [-0.15, -0.1) is 0 Å². The second-order valence-electron chi connectivity index (χ2n) is 8.76. The van der Waals surface area contributed by atoms with Gasteiger partial charge in [-0.25, -0.2) is 9.97 Å². The van der Waals surface area contributed by atoms with E-state index in [4.69, 9.17) is 9.47 Å². The topological polar surface area (TPSA) is 91.9 Å². The molecule has 0 spiro atoms. The molecule has 9 nitrogen and oxygen atoms in total. The molecule has 2 N–H and O–H groups in total. The van der Waals surface area contributed by atoms with E-state index in [1.807, 2.05) is 18.2 Å². The number of carbonyl (C=O) groups is 1. The highest BCUT2D eigenvalue weighted by Gasteiger charge is 2.40. The number of alkyl halides is 2. The third-order valence-corrected chi connectivity index (χ3v) is 6.25. The third-order valence-electron chi connectivity index (χ3n) is 6.25. The van der Waals surface area contributed by atoms with E-state index >= 15 is 8.78 Å². The highest BCUT2D eigenvalue weighted by molar-refractivity contribution is 5.98. The van der Waals surface area contributed by atoms with Crippen LogP contribution in [0.3, 0.4) is 0 Å². The van der Waals surface area contributed by atoms with Gasteiger partial charge in [0, 0.05) is 49.2 Å². The fourth-order valence-electron chi connectivity index (χ4n) is 4.09. The van der Waals surface area contributed by atoms with Crippen LogP contribution in [0.15, 0.2) is 61.3 Å². The van der Waals surface area contributed by atoms with Crippen LogP contribution in [0.1, 0.15) is 11.3 Å². The molecule has 1 amide bonds. The second kappa shape index (κ2) is 11.4. The van der Waals surface area contributed by atoms with E-state index in [1.165, 1.54) is 37.6 Å². The van der Waals surface area contributed by atoms with Crippen LogP contribution in [0.5, 0.6) is 11.5 Å². The Morgan fingerprint density at radius 2 is 1.82 bits per heavy atom. The lowest BCUT2D eigenvalue weighted by Crippen LogP contribution is -2.44. The molecule has 200 valence electrons. The van der Waals surface area contributed by atoms with Gasteiger partial charge in [-0.05, 0) is 37.4 Å². The number of hydrogen-bond donors (Lipinski definition) is 2. The first-order chi connectivity index (χ1) is 18.2. The molecule has 4 rings (SSSR count). The Hall–Kier alpha value is -4.25. The number of hydrogen-bond acceptors (Lipinski definition) is 8. The molecule has 2 aromatic carbocycles. The lowest BCUT2D eigenvalue weighted by molar-refractivity contribution is -0.111. The van der Waals surface area contributed by atoms with Crippen molar-refractivity contribution in [2.24, 2.45) is 0 Å². The Labute approximate surface area is 220 Å². The first kappa shape index (κ1) is 26.8. The van der Waals surface area contributed by atoms with Crippen LogP contribution in [0.25, 0.3) is 0 Å². The zero-order valence-corrected chi connectivity index (χ0v) is 21.5. The lowest BCUT2D eigenvalue weighted by Gasteiger charge is -2.34. The first-order valence-electron chi connectivity index (χ1n) is 12.0. The summed E-state index contributed by atoms with van der Waals surface area (Å²) in [6.07, 6.45) is 2.25. The maximum absolute atomic E-state index is 15.7. The summed E-state index contributed by atoms with van der Waals surface area (Å²) in [5.41, 5.74) is 0.725. The highest BCUT2D eigenvalue weighted by Crippen LogP contribution is 2.41. The Morgan fingerprint density at radius 3 is 2.50 bits per heavy atom. The molecule has 3 aromatic rings. The Kier molecular flexibility index (Phi) is 8.06. The summed E-state index contributed by atoms with van der Waals surface area (Å²) in [6.45, 7) is 7.08. The molecular weight excluding hydrogens is 494 g/mol. The fraction of sp³-hybridized carbons (Fsp3) is 0.296. The van der Waals surface area contributed by atoms with E-state index in [1.54, 1.807) is 7.11 Å². The minimum Gasteiger partial charge on any atom is -0.494 e. The van der Waals surface area contributed by atoms with Gasteiger partial charge in [0.15, 0.2) is 11.4 Å². The van der Waals surface area contributed by atoms with Crippen molar-refractivity contribution in [1.82, 2.24) is 14.9 Å². The second-order valence-corrected chi connectivity index (χ2v) is 8.76. The minimum atomic E-state index is -3.56. The van der Waals surface area contributed by atoms with E-state index in [-0.39, 0.29) is 22.9 Å². The summed E-state index contributed by atoms with van der Waals surface area (Å²) < 4.78 is 42.2. The fourth-order valence-corrected chi connectivity index (χ4v) is 4.09. The summed E-state index contributed by atoms with van der Waals surface area (Å²) in [7, 11) is 4.90. The molecular formula is C27H30F2N6O3. The maximum Gasteiger partial charge on any atom is 0.318 e. The average molecular weight is 525 g/mol. The van der Waals surface area contributed by atoms with Crippen LogP contribution in [-0.2, 0) is 10.7 Å². The number of rotatable bonds is 9. The van der Waals surface area contributed by atoms with Crippen molar-refractivity contribution >= 4 is 28.9 Å². The van der Waals surface area contributed by atoms with E-state index in [0.717, 1.165) is 37.9 Å². The molecule has 0 saturated carbocycles. The molecule has 1 saturated heterocycles. The van der Waals surface area contributed by atoms with Gasteiger partial charge in [0.1, 0.15) is 5.75 Å². The smallest absolute Gasteiger partial charge is 0.318 e. The Morgan fingerprint density at radius 1 is 1.08 bits per heavy atom. The van der Waals surface area contributed by atoms with Gasteiger partial charge in [-0.2, -0.15) is 8.78 Å². The van der Waals surface area contributed by atoms with Gasteiger partial charge in [0.25, 0.3) is 0 Å². The van der Waals surface area contributed by atoms with Gasteiger partial charge in [0.2, 0.25) is 11.9 Å². The SMILES string of the molecule is C=CC(=O)Nc1cccc(C(F)(F)c2nc(Nc3ccc(N4CCN(C)CC4)cc3OC)ncc2OC)c1. The van der Waals surface area contributed by atoms with Crippen molar-refractivity contribution in [2.45, 2.75) is 5.92 Å². The normalized spacial score (nSPS) is 14.1. The molecule has 1 aliphatic heterocycles. The molecule has 0 bridgehead atoms. The van der Waals surface area contributed by atoms with Crippen LogP contribution < -0.4 is 25.0 Å². The van der Waals surface area contributed by atoms with E-state index in [0.29, 0.717) is 11.4 Å². The molecule has 0 unspecified atom stereocenters. The number of halogens is 2. The summed E-state index contributed by atoms with van der Waals surface area (Å²) in [5, 5.41) is 5.47. The quantitative estimate of drug-likeness (QED) is 0.402. The summed E-state index contributed by atoms with van der Waals surface area (Å²) in [5.74, 6) is -3.78. The maximum atomic E-state index is 15.7. The predicted octanol–water partition coefficient (Wildman–Crippen LogP) is 4.25. The van der Waals surface area contributed by atoms with Crippen molar-refractivity contribution in [3.8, 4) is 11.5 Å². The lowest BCUT2D eigenvalue weighted by atomic mass is 10.0. The van der Waals surface area contributed by atoms with Crippen molar-refractivity contribution in [1.29, 1.82) is 0 Å². The highest BCUT2D eigenvalue weighted by atomic mass is 19.3. The number of amides is 1. The van der Waals surface area contributed by atoms with Gasteiger partial charge in [-0.3, -0.25) is 4.79 Å². The number of anilines is 4. The number of ether oxygens (including phenoxy) is 2. The minimum absolute atomic E-state index is 0.0535. The van der Waals surface area contributed by atoms with Crippen LogP contribution in [-0.4, -0.2) is 68.2 Å². The Bertz CT molecular complexity index is 1310. The molecule has 0 radical (unpaired) electrons. The van der Waals surface area contributed by atoms with Crippen molar-refractivity contribution in [3.05, 3.63) is 72.6 Å². The van der Waals surface area contributed by atoms with E-state index in [9.17, 15) is 4.79 Å². The standard InChI is InChI=1S/C27H30F2N6O3/c1-5-24(36)31-19-8-6-7-18(15-19)27(28,29)25-23(38-4)17-30-26(33-25)32-21-10-9-20(16-22(21)37-3)35-13-11-34(2)12-14-35/h5-10,15-17H,1,11-14H2,2-4H3,(H,31,36)(H,30,32,33). The molecule has 1 aromatic heterocycles. The first-order valence-corrected chi connectivity index (χ1v) is 12.0. The van der Waals surface area contributed by atoms with E-state index < -0.39 is 17.5 Å². The number of nitrogens with zero attached hydrogens (tertiary/aromatic N) is 4. The number of piperazine rings is 1. The number of aromatic nitrogens is 2. The van der Waals surface area contributed by atoms with Crippen LogP contribution in [0, 0.1) is 0 Å². The monoisotopic (exact) mass is 524 g/mol. The summed E-state index contributed by atoms with van der Waals surface area (Å²) in [4.78, 5) is 24.4. The molecule has 38 heavy (non-hydrogen) atoms. The molecule has 1 fully saturated rings. The average Bonchev–Trinajstić information content (AvgIpc) is 2.93. The summed E-state index contributed by atoms with van der Waals surface area (Å²) in [6, 6.07) is 11.0. The summed E-state index contributed by atoms with van der Waals surface area (Å²) >= 11 is 0. The Balaban J connectivity index is 1.62. The molecule has 1 aliphatic rings. The van der Waals surface area contributed by atoms with E-state index in [2.05, 4.69) is 44.0 Å². The van der Waals surface area contributed by atoms with Crippen molar-refractivity contribution in [3.63, 3.8) is 0 Å². The molecule has 0 aliphatic carbocycles.